The van der Waals surface area contributed by atoms with Crippen LogP contribution >= 0.6 is 11.6 Å². The number of hydrogen-bond acceptors (Lipinski definition) is 5. The van der Waals surface area contributed by atoms with E-state index in [9.17, 15) is 4.79 Å². The summed E-state index contributed by atoms with van der Waals surface area (Å²) in [6.45, 7) is 7.65. The zero-order valence-corrected chi connectivity index (χ0v) is 16.1. The number of rotatable bonds is 3. The van der Waals surface area contributed by atoms with Gasteiger partial charge in [0.25, 0.3) is 11.7 Å². The Morgan fingerprint density at radius 1 is 1.07 bits per heavy atom. The number of benzene rings is 1. The molecule has 4 rings (SSSR count). The van der Waals surface area contributed by atoms with Crippen LogP contribution in [0, 0.1) is 13.8 Å². The molecule has 3 aromatic rings. The van der Waals surface area contributed by atoms with Crippen LogP contribution in [0.15, 0.2) is 30.3 Å². The Labute approximate surface area is 162 Å². The van der Waals surface area contributed by atoms with E-state index in [2.05, 4.69) is 20.0 Å². The van der Waals surface area contributed by atoms with E-state index in [4.69, 9.17) is 11.6 Å². The van der Waals surface area contributed by atoms with Gasteiger partial charge in [0.2, 0.25) is 5.82 Å². The lowest BCUT2D eigenvalue weighted by Gasteiger charge is -2.34. The Morgan fingerprint density at radius 2 is 1.78 bits per heavy atom. The number of nitrogens with zero attached hydrogens (tertiary/aromatic N) is 6. The third kappa shape index (κ3) is 3.79. The van der Waals surface area contributed by atoms with Gasteiger partial charge >= 0.3 is 0 Å². The molecule has 0 radical (unpaired) electrons. The van der Waals surface area contributed by atoms with Crippen molar-refractivity contribution in [1.29, 1.82) is 0 Å². The average Bonchev–Trinajstić information content (AvgIpc) is 3.08. The van der Waals surface area contributed by atoms with Gasteiger partial charge in [0.05, 0.1) is 0 Å². The quantitative estimate of drug-likeness (QED) is 0.693. The van der Waals surface area contributed by atoms with Gasteiger partial charge in [-0.3, -0.25) is 9.69 Å². The Balaban J connectivity index is 1.41. The summed E-state index contributed by atoms with van der Waals surface area (Å²) in [6.07, 6.45) is 0. The maximum absolute atomic E-state index is 12.8. The number of carbonyl (C=O) groups excluding carboxylic acids is 1. The molecule has 7 nitrogen and oxygen atoms in total. The smallest absolute Gasteiger partial charge is 0.293 e. The molecule has 0 atom stereocenters. The fraction of sp³-hybridized carbons (Fsp3) is 0.368. The van der Waals surface area contributed by atoms with Crippen LogP contribution in [0.5, 0.6) is 0 Å². The molecule has 1 fully saturated rings. The zero-order chi connectivity index (χ0) is 19.0. The summed E-state index contributed by atoms with van der Waals surface area (Å²) in [5.74, 6) is 0.545. The topological polar surface area (TPSA) is 66.6 Å². The second kappa shape index (κ2) is 7.25. The van der Waals surface area contributed by atoms with E-state index in [1.165, 1.54) is 5.56 Å². The fourth-order valence-electron chi connectivity index (χ4n) is 3.36. The van der Waals surface area contributed by atoms with Crippen molar-refractivity contribution in [2.24, 2.45) is 0 Å². The van der Waals surface area contributed by atoms with Crippen molar-refractivity contribution in [3.05, 3.63) is 58.1 Å². The fourth-order valence-corrected chi connectivity index (χ4v) is 3.48. The molecule has 1 aliphatic heterocycles. The molecular weight excluding hydrogens is 364 g/mol. The maximum atomic E-state index is 12.8. The predicted molar refractivity (Wildman–Crippen MR) is 103 cm³/mol. The van der Waals surface area contributed by atoms with Crippen molar-refractivity contribution in [2.45, 2.75) is 20.4 Å². The lowest BCUT2D eigenvalue weighted by molar-refractivity contribution is 0.0617. The number of piperazine rings is 1. The van der Waals surface area contributed by atoms with Gasteiger partial charge in [-0.2, -0.15) is 4.98 Å². The molecule has 140 valence electrons. The molecule has 1 amide bonds. The largest absolute Gasteiger partial charge is 0.333 e. The Hall–Kier alpha value is -2.51. The molecular formula is C19H21ClN6O. The monoisotopic (exact) mass is 384 g/mol. The van der Waals surface area contributed by atoms with Gasteiger partial charge in [-0.25, -0.2) is 9.50 Å². The molecule has 0 aliphatic carbocycles. The first-order chi connectivity index (χ1) is 13.0. The summed E-state index contributed by atoms with van der Waals surface area (Å²) in [5, 5.41) is 5.09. The van der Waals surface area contributed by atoms with Gasteiger partial charge in [0.15, 0.2) is 0 Å². The van der Waals surface area contributed by atoms with Crippen LogP contribution < -0.4 is 0 Å². The van der Waals surface area contributed by atoms with Crippen molar-refractivity contribution in [2.75, 3.05) is 26.2 Å². The minimum absolute atomic E-state index is 0.135. The predicted octanol–water partition coefficient (Wildman–Crippen LogP) is 2.35. The van der Waals surface area contributed by atoms with Crippen molar-refractivity contribution in [3.63, 3.8) is 0 Å². The van der Waals surface area contributed by atoms with Crippen molar-refractivity contribution in [1.82, 2.24) is 29.4 Å². The normalized spacial score (nSPS) is 15.4. The van der Waals surface area contributed by atoms with Gasteiger partial charge in [-0.05, 0) is 37.6 Å². The molecule has 0 unspecified atom stereocenters. The van der Waals surface area contributed by atoms with Gasteiger partial charge in [0.1, 0.15) is 0 Å². The van der Waals surface area contributed by atoms with Crippen molar-refractivity contribution < 1.29 is 4.79 Å². The highest BCUT2D eigenvalue weighted by Gasteiger charge is 2.25. The van der Waals surface area contributed by atoms with E-state index in [1.54, 1.807) is 4.52 Å². The molecule has 1 saturated heterocycles. The van der Waals surface area contributed by atoms with Gasteiger partial charge in [0, 0.05) is 49.1 Å². The van der Waals surface area contributed by atoms with Crippen LogP contribution in [0.3, 0.4) is 0 Å². The van der Waals surface area contributed by atoms with Gasteiger partial charge in [-0.15, -0.1) is 5.10 Å². The molecule has 0 spiro atoms. The summed E-state index contributed by atoms with van der Waals surface area (Å²) in [7, 11) is 0. The van der Waals surface area contributed by atoms with E-state index in [1.807, 2.05) is 49.1 Å². The average molecular weight is 385 g/mol. The number of aromatic nitrogens is 4. The Bertz CT molecular complexity index is 976. The van der Waals surface area contributed by atoms with E-state index in [0.29, 0.717) is 18.9 Å². The third-order valence-electron chi connectivity index (χ3n) is 4.79. The first kappa shape index (κ1) is 17.9. The minimum Gasteiger partial charge on any atom is -0.333 e. The van der Waals surface area contributed by atoms with Gasteiger partial charge < -0.3 is 4.90 Å². The molecule has 0 saturated carbocycles. The maximum Gasteiger partial charge on any atom is 0.293 e. The molecule has 0 bridgehead atoms. The highest BCUT2D eigenvalue weighted by Crippen LogP contribution is 2.14. The van der Waals surface area contributed by atoms with Crippen LogP contribution in [-0.4, -0.2) is 61.5 Å². The van der Waals surface area contributed by atoms with E-state index < -0.39 is 0 Å². The summed E-state index contributed by atoms with van der Waals surface area (Å²) >= 11 is 5.94. The summed E-state index contributed by atoms with van der Waals surface area (Å²) in [4.78, 5) is 25.6. The molecule has 2 aromatic heterocycles. The molecule has 8 heteroatoms. The van der Waals surface area contributed by atoms with Gasteiger partial charge in [-0.1, -0.05) is 23.7 Å². The van der Waals surface area contributed by atoms with Crippen LogP contribution in [0.4, 0.5) is 0 Å². The lowest BCUT2D eigenvalue weighted by Crippen LogP contribution is -2.48. The van der Waals surface area contributed by atoms with Crippen LogP contribution in [-0.2, 0) is 6.54 Å². The minimum atomic E-state index is -0.135. The summed E-state index contributed by atoms with van der Waals surface area (Å²) in [5.41, 5.74) is 3.00. The van der Waals surface area contributed by atoms with E-state index in [-0.39, 0.29) is 11.7 Å². The highest BCUT2D eigenvalue weighted by molar-refractivity contribution is 6.30. The highest BCUT2D eigenvalue weighted by atomic mass is 35.5. The van der Waals surface area contributed by atoms with Crippen LogP contribution in [0.1, 0.15) is 27.6 Å². The van der Waals surface area contributed by atoms with Crippen molar-refractivity contribution in [3.8, 4) is 0 Å². The number of carbonyl (C=O) groups is 1. The summed E-state index contributed by atoms with van der Waals surface area (Å²) < 4.78 is 1.62. The number of hydrogen-bond donors (Lipinski definition) is 0. The number of amides is 1. The van der Waals surface area contributed by atoms with Crippen LogP contribution in [0.25, 0.3) is 5.78 Å². The van der Waals surface area contributed by atoms with Crippen LogP contribution in [0.2, 0.25) is 5.02 Å². The summed E-state index contributed by atoms with van der Waals surface area (Å²) in [6, 6.07) is 9.81. The first-order valence-corrected chi connectivity index (χ1v) is 9.34. The lowest BCUT2D eigenvalue weighted by atomic mass is 10.2. The Morgan fingerprint density at radius 3 is 2.48 bits per heavy atom. The first-order valence-electron chi connectivity index (χ1n) is 8.97. The molecule has 1 aromatic carbocycles. The second-order valence-corrected chi connectivity index (χ2v) is 7.32. The molecule has 27 heavy (non-hydrogen) atoms. The molecule has 1 aliphatic rings. The number of fused-ring (bicyclic) bond motifs is 1. The zero-order valence-electron chi connectivity index (χ0n) is 15.4. The number of halogens is 1. The van der Waals surface area contributed by atoms with E-state index >= 15 is 0 Å². The SMILES string of the molecule is Cc1cc(C)n2nc(C(=O)N3CCN(Cc4ccc(Cl)cc4)CC3)nc2n1. The Kier molecular flexibility index (Phi) is 4.80. The second-order valence-electron chi connectivity index (χ2n) is 6.88. The third-order valence-corrected chi connectivity index (χ3v) is 5.04. The van der Waals surface area contributed by atoms with Crippen molar-refractivity contribution >= 4 is 23.3 Å². The molecule has 3 heterocycles. The number of aryl methyl sites for hydroxylation is 2. The molecule has 0 N–H and O–H groups in total. The standard InChI is InChI=1S/C19H21ClN6O/c1-13-11-14(2)26-19(21-13)22-17(23-26)18(27)25-9-7-24(8-10-25)12-15-3-5-16(20)6-4-15/h3-6,11H,7-10,12H2,1-2H3. The van der Waals surface area contributed by atoms with E-state index in [0.717, 1.165) is 36.0 Å².